The number of aromatic nitrogens is 4. The van der Waals surface area contributed by atoms with Gasteiger partial charge in [0.05, 0.1) is 35.7 Å². The van der Waals surface area contributed by atoms with Crippen LogP contribution in [0.25, 0.3) is 0 Å². The van der Waals surface area contributed by atoms with Gasteiger partial charge in [-0.25, -0.2) is 0 Å². The predicted molar refractivity (Wildman–Crippen MR) is 118 cm³/mol. The summed E-state index contributed by atoms with van der Waals surface area (Å²) in [6.07, 6.45) is 5.57. The minimum atomic E-state index is 0.131. The van der Waals surface area contributed by atoms with Gasteiger partial charge in [-0.1, -0.05) is 28.0 Å². The Labute approximate surface area is 190 Å². The molecule has 10 heteroatoms. The average molecular weight is 461 g/mol. The van der Waals surface area contributed by atoms with Crippen LogP contribution >= 0.6 is 23.2 Å². The van der Waals surface area contributed by atoms with E-state index in [0.717, 1.165) is 34.9 Å². The molecule has 31 heavy (non-hydrogen) atoms. The van der Waals surface area contributed by atoms with Gasteiger partial charge in [-0.05, 0) is 24.6 Å². The van der Waals surface area contributed by atoms with Crippen LogP contribution in [0.15, 0.2) is 36.8 Å². The third-order valence-corrected chi connectivity index (χ3v) is 6.63. The maximum Gasteiger partial charge on any atom is 0.239 e. The molecule has 2 aromatic heterocycles. The van der Waals surface area contributed by atoms with Gasteiger partial charge in [-0.15, -0.1) is 4.68 Å². The normalized spacial score (nSPS) is 18.8. The molecule has 0 N–H and O–H groups in total. The van der Waals surface area contributed by atoms with Crippen LogP contribution in [0.2, 0.25) is 10.2 Å². The second-order valence-electron chi connectivity index (χ2n) is 7.92. The van der Waals surface area contributed by atoms with Gasteiger partial charge in [0.1, 0.15) is 18.9 Å². The van der Waals surface area contributed by atoms with Crippen molar-refractivity contribution < 1.29 is 9.58 Å². The lowest BCUT2D eigenvalue weighted by atomic mass is 10.1. The number of hydrogen-bond donors (Lipinski definition) is 0. The molecule has 0 amide bonds. The number of hydrogen-bond acceptors (Lipinski definition) is 6. The Balaban J connectivity index is 1.37. The van der Waals surface area contributed by atoms with Crippen LogP contribution in [0.3, 0.4) is 0 Å². The highest BCUT2D eigenvalue weighted by Gasteiger charge is 2.36. The first-order chi connectivity index (χ1) is 15.0. The Morgan fingerprint density at radius 1 is 1.29 bits per heavy atom. The van der Waals surface area contributed by atoms with Gasteiger partial charge in [-0.3, -0.25) is 14.9 Å². The standard InChI is InChI=1S/C21H22Cl2N6O2/c1-26-11-16(13-31-20-3-2-14(22)8-18(20)26)27-7-4-17-19(12-27)29(30)28(21(17)23)10-15-9-24-5-6-25-15/h2-3,5-6,8-9,16H,4,7,10-13H2,1H3/t16-/m0/s1. The fourth-order valence-corrected chi connectivity index (χ4v) is 4.84. The van der Waals surface area contributed by atoms with E-state index < -0.39 is 0 Å². The van der Waals surface area contributed by atoms with Crippen LogP contribution in [0.5, 0.6) is 5.75 Å². The van der Waals surface area contributed by atoms with Crippen molar-refractivity contribution in [1.29, 1.82) is 0 Å². The summed E-state index contributed by atoms with van der Waals surface area (Å²) in [7, 11) is 2.04. The van der Waals surface area contributed by atoms with Crippen molar-refractivity contribution in [2.45, 2.75) is 25.6 Å². The third kappa shape index (κ3) is 3.79. The number of fused-ring (bicyclic) bond motifs is 2. The number of nitrogens with zero attached hydrogens (tertiary/aromatic N) is 6. The second-order valence-corrected chi connectivity index (χ2v) is 8.72. The molecule has 1 atom stereocenters. The lowest BCUT2D eigenvalue weighted by molar-refractivity contribution is -0.701. The van der Waals surface area contributed by atoms with Crippen LogP contribution in [0.1, 0.15) is 17.0 Å². The summed E-state index contributed by atoms with van der Waals surface area (Å²) in [5, 5.41) is 14.2. The van der Waals surface area contributed by atoms with E-state index in [2.05, 4.69) is 19.8 Å². The predicted octanol–water partition coefficient (Wildman–Crippen LogP) is 2.52. The zero-order valence-corrected chi connectivity index (χ0v) is 18.6. The number of rotatable bonds is 3. The fourth-order valence-electron chi connectivity index (χ4n) is 4.34. The molecule has 0 saturated heterocycles. The molecule has 3 aromatic rings. The first-order valence-corrected chi connectivity index (χ1v) is 10.9. The Kier molecular flexibility index (Phi) is 5.37. The molecular formula is C21H22Cl2N6O2. The molecule has 162 valence electrons. The van der Waals surface area contributed by atoms with Crippen molar-refractivity contribution in [3.05, 3.63) is 69.1 Å². The van der Waals surface area contributed by atoms with Crippen molar-refractivity contribution in [1.82, 2.24) is 19.5 Å². The van der Waals surface area contributed by atoms with Gasteiger partial charge in [0, 0.05) is 37.6 Å². The molecule has 8 nitrogen and oxygen atoms in total. The molecule has 0 saturated carbocycles. The van der Waals surface area contributed by atoms with Crippen molar-refractivity contribution in [3.63, 3.8) is 0 Å². The monoisotopic (exact) mass is 460 g/mol. The summed E-state index contributed by atoms with van der Waals surface area (Å²) in [5.74, 6) is 0.823. The summed E-state index contributed by atoms with van der Waals surface area (Å²) in [6.45, 7) is 2.93. The van der Waals surface area contributed by atoms with E-state index in [9.17, 15) is 5.21 Å². The van der Waals surface area contributed by atoms with E-state index in [1.165, 1.54) is 4.68 Å². The summed E-state index contributed by atoms with van der Waals surface area (Å²) < 4.78 is 7.61. The summed E-state index contributed by atoms with van der Waals surface area (Å²) in [5.41, 5.74) is 3.26. The van der Waals surface area contributed by atoms with E-state index in [0.29, 0.717) is 41.1 Å². The SMILES string of the molecule is CN1C[C@H](N2CCc3c(Cl)n(Cc4cnccn4)[n+]([O-])c3C2)COc2ccc(Cl)cc21. The molecular weight excluding hydrogens is 439 g/mol. The number of halogens is 2. The maximum atomic E-state index is 13.1. The molecule has 0 aliphatic carbocycles. The lowest BCUT2D eigenvalue weighted by Gasteiger charge is -2.33. The van der Waals surface area contributed by atoms with Crippen molar-refractivity contribution in [2.75, 3.05) is 31.6 Å². The zero-order valence-electron chi connectivity index (χ0n) is 17.0. The molecule has 2 aliphatic heterocycles. The topological polar surface area (TPSA) is 73.4 Å². The van der Waals surface area contributed by atoms with Crippen LogP contribution in [0, 0.1) is 5.21 Å². The van der Waals surface area contributed by atoms with E-state index in [1.807, 2.05) is 25.2 Å². The highest BCUT2D eigenvalue weighted by atomic mass is 35.5. The zero-order chi connectivity index (χ0) is 21.5. The number of benzene rings is 1. The number of anilines is 1. The third-order valence-electron chi connectivity index (χ3n) is 5.97. The van der Waals surface area contributed by atoms with Crippen LogP contribution in [-0.2, 0) is 19.5 Å². The van der Waals surface area contributed by atoms with E-state index in [1.54, 1.807) is 18.6 Å². The van der Waals surface area contributed by atoms with Gasteiger partial charge in [0.15, 0.2) is 5.15 Å². The van der Waals surface area contributed by atoms with E-state index in [4.69, 9.17) is 27.9 Å². The van der Waals surface area contributed by atoms with E-state index >= 15 is 0 Å². The maximum absolute atomic E-state index is 13.1. The number of likely N-dealkylation sites (N-methyl/N-ethyl adjacent to an activating group) is 1. The van der Waals surface area contributed by atoms with E-state index in [-0.39, 0.29) is 12.6 Å². The largest absolute Gasteiger partial charge is 0.596 e. The quantitative estimate of drug-likeness (QED) is 0.441. The molecule has 0 fully saturated rings. The Morgan fingerprint density at radius 2 is 2.16 bits per heavy atom. The molecule has 5 rings (SSSR count). The lowest BCUT2D eigenvalue weighted by Crippen LogP contribution is -2.50. The van der Waals surface area contributed by atoms with Crippen molar-refractivity contribution in [3.8, 4) is 5.75 Å². The fraction of sp³-hybridized carbons (Fsp3) is 0.381. The summed E-state index contributed by atoms with van der Waals surface area (Å²) in [4.78, 5) is 13.7. The first-order valence-electron chi connectivity index (χ1n) is 10.1. The molecule has 2 aliphatic rings. The minimum Gasteiger partial charge on any atom is -0.596 e. The van der Waals surface area contributed by atoms with Crippen LogP contribution in [-0.4, -0.2) is 52.3 Å². The molecule has 0 spiro atoms. The van der Waals surface area contributed by atoms with Crippen molar-refractivity contribution >= 4 is 28.9 Å². The van der Waals surface area contributed by atoms with Gasteiger partial charge < -0.3 is 14.8 Å². The first kappa shape index (κ1) is 20.4. The van der Waals surface area contributed by atoms with Gasteiger partial charge in [-0.2, -0.15) is 0 Å². The smallest absolute Gasteiger partial charge is 0.239 e. The second kappa shape index (κ2) is 8.18. The molecule has 1 aromatic carbocycles. The summed E-state index contributed by atoms with van der Waals surface area (Å²) in [6, 6.07) is 5.80. The van der Waals surface area contributed by atoms with Gasteiger partial charge in [0.25, 0.3) is 0 Å². The highest BCUT2D eigenvalue weighted by molar-refractivity contribution is 6.31. The van der Waals surface area contributed by atoms with Gasteiger partial charge in [0.2, 0.25) is 5.69 Å². The highest BCUT2D eigenvalue weighted by Crippen LogP contribution is 2.34. The van der Waals surface area contributed by atoms with Crippen LogP contribution in [0.4, 0.5) is 5.69 Å². The van der Waals surface area contributed by atoms with Crippen molar-refractivity contribution in [2.24, 2.45) is 0 Å². The Morgan fingerprint density at radius 3 is 2.97 bits per heavy atom. The Bertz CT molecular complexity index is 1110. The minimum absolute atomic E-state index is 0.131. The molecule has 0 unspecified atom stereocenters. The molecule has 0 radical (unpaired) electrons. The van der Waals surface area contributed by atoms with Crippen LogP contribution < -0.4 is 14.5 Å². The molecule has 4 heterocycles. The average Bonchev–Trinajstić information content (AvgIpc) is 2.91. The summed E-state index contributed by atoms with van der Waals surface area (Å²) >= 11 is 12.8. The number of ether oxygens (including phenoxy) is 1. The Hall–Kier alpha value is -2.55. The molecule has 0 bridgehead atoms. The van der Waals surface area contributed by atoms with Gasteiger partial charge >= 0.3 is 0 Å².